The molecule has 0 aliphatic heterocycles. The van der Waals surface area contributed by atoms with Crippen molar-refractivity contribution in [2.75, 3.05) is 0 Å². The second-order valence-electron chi connectivity index (χ2n) is 3.54. The number of nitrogens with zero attached hydrogens (tertiary/aromatic N) is 3. The lowest BCUT2D eigenvalue weighted by molar-refractivity contribution is 0.121. The summed E-state index contributed by atoms with van der Waals surface area (Å²) in [5, 5.41) is 13.8. The molecule has 2 aromatic rings. The lowest BCUT2D eigenvalue weighted by Crippen LogP contribution is -2.08. The van der Waals surface area contributed by atoms with Crippen molar-refractivity contribution in [3.63, 3.8) is 0 Å². The summed E-state index contributed by atoms with van der Waals surface area (Å²) in [4.78, 5) is 3.83. The van der Waals surface area contributed by atoms with Gasteiger partial charge >= 0.3 is 0 Å². The molecule has 4 nitrogen and oxygen atoms in total. The van der Waals surface area contributed by atoms with Crippen LogP contribution in [0.3, 0.4) is 0 Å². The van der Waals surface area contributed by atoms with Crippen molar-refractivity contribution in [3.8, 4) is 0 Å². The van der Waals surface area contributed by atoms with E-state index in [1.165, 1.54) is 12.3 Å². The number of aromatic nitrogens is 3. The van der Waals surface area contributed by atoms with Crippen molar-refractivity contribution in [2.45, 2.75) is 19.1 Å². The molecule has 0 saturated heterocycles. The summed E-state index contributed by atoms with van der Waals surface area (Å²) in [6.07, 6.45) is 1.15. The maximum atomic E-state index is 12.1. The first-order valence-corrected chi connectivity index (χ1v) is 5.06. The highest BCUT2D eigenvalue weighted by molar-refractivity contribution is 5.22. The molecule has 0 unspecified atom stereocenters. The van der Waals surface area contributed by atoms with Crippen LogP contribution in [0.4, 0.5) is 8.78 Å². The molecular weight excluding hydrogens is 228 g/mol. The molecule has 0 spiro atoms. The Kier molecular flexibility index (Phi) is 3.43. The summed E-state index contributed by atoms with van der Waals surface area (Å²) in [6, 6.07) is 4.82. The lowest BCUT2D eigenvalue weighted by atomic mass is 10.1. The van der Waals surface area contributed by atoms with Gasteiger partial charge in [0.15, 0.2) is 0 Å². The third kappa shape index (κ3) is 2.85. The Hall–Kier alpha value is -1.82. The Balaban J connectivity index is 2.15. The zero-order chi connectivity index (χ0) is 12.3. The third-order valence-electron chi connectivity index (χ3n) is 2.29. The fourth-order valence-electron chi connectivity index (χ4n) is 1.48. The average Bonchev–Trinajstić information content (AvgIpc) is 2.77. The molecule has 1 N–H and O–H groups in total. The van der Waals surface area contributed by atoms with Gasteiger partial charge in [-0.15, -0.1) is 0 Å². The van der Waals surface area contributed by atoms with Crippen molar-refractivity contribution in [3.05, 3.63) is 48.0 Å². The number of aliphatic hydroxyl groups is 1. The van der Waals surface area contributed by atoms with Gasteiger partial charge in [-0.25, -0.2) is 8.78 Å². The molecule has 0 amide bonds. The van der Waals surface area contributed by atoms with Crippen molar-refractivity contribution < 1.29 is 13.9 Å². The highest BCUT2D eigenvalue weighted by Crippen LogP contribution is 2.19. The van der Waals surface area contributed by atoms with Gasteiger partial charge in [-0.3, -0.25) is 9.67 Å². The summed E-state index contributed by atoms with van der Waals surface area (Å²) in [7, 11) is 0. The summed E-state index contributed by atoms with van der Waals surface area (Å²) < 4.78 is 25.4. The van der Waals surface area contributed by atoms with Crippen LogP contribution < -0.4 is 0 Å². The Morgan fingerprint density at radius 3 is 2.59 bits per heavy atom. The summed E-state index contributed by atoms with van der Waals surface area (Å²) in [6.45, 7) is -0.469. The van der Waals surface area contributed by atoms with Crippen molar-refractivity contribution >= 4 is 0 Å². The van der Waals surface area contributed by atoms with Crippen molar-refractivity contribution in [1.29, 1.82) is 0 Å². The van der Waals surface area contributed by atoms with Crippen LogP contribution >= 0.6 is 0 Å². The Morgan fingerprint density at radius 2 is 1.94 bits per heavy atom. The molecule has 0 fully saturated rings. The predicted molar refractivity (Wildman–Crippen MR) is 56.5 cm³/mol. The zero-order valence-corrected chi connectivity index (χ0v) is 8.87. The smallest absolute Gasteiger partial charge is 0.257 e. The molecule has 2 heterocycles. The molecule has 2 rings (SSSR count). The van der Waals surface area contributed by atoms with Gasteiger partial charge in [-0.05, 0) is 23.8 Å². The van der Waals surface area contributed by atoms with E-state index in [1.54, 1.807) is 24.5 Å². The summed E-state index contributed by atoms with van der Waals surface area (Å²) in [5.74, 6) is 0. The Bertz CT molecular complexity index is 473. The second kappa shape index (κ2) is 5.01. The number of hydrogen-bond donors (Lipinski definition) is 1. The molecule has 90 valence electrons. The van der Waals surface area contributed by atoms with Crippen molar-refractivity contribution in [2.24, 2.45) is 0 Å². The standard InChI is InChI=1S/C11H11F2N3O/c12-10(13)7-16-6-3-9(15-16)11(17)8-1-4-14-5-2-8/h1-6,10-11,17H,7H2/t11-/m1/s1. The van der Waals surface area contributed by atoms with E-state index in [0.29, 0.717) is 11.3 Å². The highest BCUT2D eigenvalue weighted by atomic mass is 19.3. The Morgan fingerprint density at radius 1 is 1.24 bits per heavy atom. The van der Waals surface area contributed by atoms with Crippen LogP contribution in [0, 0.1) is 0 Å². The van der Waals surface area contributed by atoms with Gasteiger partial charge in [-0.1, -0.05) is 0 Å². The van der Waals surface area contributed by atoms with Gasteiger partial charge in [-0.2, -0.15) is 5.10 Å². The van der Waals surface area contributed by atoms with Crippen LogP contribution in [0.1, 0.15) is 17.4 Å². The molecule has 0 aromatic carbocycles. The van der Waals surface area contributed by atoms with Crippen molar-refractivity contribution in [1.82, 2.24) is 14.8 Å². The maximum Gasteiger partial charge on any atom is 0.257 e. The molecule has 0 bridgehead atoms. The molecule has 1 atom stereocenters. The maximum absolute atomic E-state index is 12.1. The number of aliphatic hydroxyl groups excluding tert-OH is 1. The molecule has 6 heteroatoms. The lowest BCUT2D eigenvalue weighted by Gasteiger charge is -2.07. The van der Waals surface area contributed by atoms with Gasteiger partial charge in [0.05, 0.1) is 5.69 Å². The fraction of sp³-hybridized carbons (Fsp3) is 0.273. The number of halogens is 2. The van der Waals surface area contributed by atoms with Crippen LogP contribution in [0.15, 0.2) is 36.8 Å². The number of pyridine rings is 1. The van der Waals surface area contributed by atoms with Crippen LogP contribution in [-0.2, 0) is 6.54 Å². The van der Waals surface area contributed by atoms with E-state index in [2.05, 4.69) is 10.1 Å². The van der Waals surface area contributed by atoms with E-state index < -0.39 is 19.1 Å². The van der Waals surface area contributed by atoms with Gasteiger partial charge in [0, 0.05) is 18.6 Å². The second-order valence-corrected chi connectivity index (χ2v) is 3.54. The Labute approximate surface area is 96.5 Å². The third-order valence-corrected chi connectivity index (χ3v) is 2.29. The number of alkyl halides is 2. The first kappa shape index (κ1) is 11.7. The SMILES string of the molecule is O[C@H](c1ccncc1)c1ccn(CC(F)F)n1. The van der Waals surface area contributed by atoms with Crippen LogP contribution in [0.25, 0.3) is 0 Å². The van der Waals surface area contributed by atoms with E-state index in [1.807, 2.05) is 0 Å². The molecule has 0 aliphatic carbocycles. The van der Waals surface area contributed by atoms with Gasteiger partial charge < -0.3 is 5.11 Å². The number of hydrogen-bond acceptors (Lipinski definition) is 3. The van der Waals surface area contributed by atoms with E-state index in [0.717, 1.165) is 4.68 Å². The minimum atomic E-state index is -2.46. The first-order chi connectivity index (χ1) is 8.16. The molecular formula is C11H11F2N3O. The fourth-order valence-corrected chi connectivity index (χ4v) is 1.48. The summed E-state index contributed by atoms with van der Waals surface area (Å²) in [5.41, 5.74) is 0.971. The minimum absolute atomic E-state index is 0.344. The normalized spacial score (nSPS) is 12.9. The molecule has 2 aromatic heterocycles. The van der Waals surface area contributed by atoms with Crippen LogP contribution in [-0.4, -0.2) is 26.3 Å². The molecule has 0 aliphatic rings. The average molecular weight is 239 g/mol. The van der Waals surface area contributed by atoms with E-state index in [-0.39, 0.29) is 0 Å². The summed E-state index contributed by atoms with van der Waals surface area (Å²) >= 11 is 0. The van der Waals surface area contributed by atoms with Gasteiger partial charge in [0.25, 0.3) is 6.43 Å². The zero-order valence-electron chi connectivity index (χ0n) is 8.87. The molecule has 17 heavy (non-hydrogen) atoms. The largest absolute Gasteiger partial charge is 0.382 e. The van der Waals surface area contributed by atoms with Gasteiger partial charge in [0.1, 0.15) is 12.6 Å². The predicted octanol–water partition coefficient (Wildman–Crippen LogP) is 1.62. The van der Waals surface area contributed by atoms with Gasteiger partial charge in [0.2, 0.25) is 0 Å². The van der Waals surface area contributed by atoms with E-state index >= 15 is 0 Å². The topological polar surface area (TPSA) is 50.9 Å². The van der Waals surface area contributed by atoms with E-state index in [4.69, 9.17) is 0 Å². The molecule has 0 radical (unpaired) electrons. The quantitative estimate of drug-likeness (QED) is 0.882. The van der Waals surface area contributed by atoms with Crippen LogP contribution in [0.2, 0.25) is 0 Å². The van der Waals surface area contributed by atoms with E-state index in [9.17, 15) is 13.9 Å². The highest BCUT2D eigenvalue weighted by Gasteiger charge is 2.14. The van der Waals surface area contributed by atoms with Crippen LogP contribution in [0.5, 0.6) is 0 Å². The first-order valence-electron chi connectivity index (χ1n) is 5.06. The number of rotatable bonds is 4. The molecule has 0 saturated carbocycles. The monoisotopic (exact) mass is 239 g/mol. The minimum Gasteiger partial charge on any atom is -0.382 e.